The van der Waals surface area contributed by atoms with E-state index >= 15 is 0 Å². The summed E-state index contributed by atoms with van der Waals surface area (Å²) >= 11 is 0. The van der Waals surface area contributed by atoms with Crippen molar-refractivity contribution in [3.05, 3.63) is 83.9 Å². The molecule has 3 aromatic carbocycles. The SMILES string of the molecule is CCNc1cccc(-c2ccc(-c3cc(C)c4cc(C(F)(F)F)ccc4n3)cc2)c1. The minimum Gasteiger partial charge on any atom is -0.385 e. The van der Waals surface area contributed by atoms with Gasteiger partial charge in [-0.25, -0.2) is 4.98 Å². The summed E-state index contributed by atoms with van der Waals surface area (Å²) in [5, 5.41) is 3.83. The van der Waals surface area contributed by atoms with Crippen LogP contribution in [-0.4, -0.2) is 11.5 Å². The highest BCUT2D eigenvalue weighted by Crippen LogP contribution is 2.33. The Morgan fingerprint density at radius 1 is 0.833 bits per heavy atom. The van der Waals surface area contributed by atoms with Gasteiger partial charge in [0.25, 0.3) is 0 Å². The molecule has 30 heavy (non-hydrogen) atoms. The summed E-state index contributed by atoms with van der Waals surface area (Å²) in [5.41, 5.74) is 5.61. The maximum Gasteiger partial charge on any atom is 0.416 e. The number of aromatic nitrogens is 1. The fraction of sp³-hybridized carbons (Fsp3) is 0.160. The highest BCUT2D eigenvalue weighted by molar-refractivity contribution is 5.86. The number of hydrogen-bond acceptors (Lipinski definition) is 2. The summed E-state index contributed by atoms with van der Waals surface area (Å²) in [6.45, 7) is 4.73. The first-order valence-electron chi connectivity index (χ1n) is 9.78. The lowest BCUT2D eigenvalue weighted by Gasteiger charge is -2.11. The number of benzene rings is 3. The first-order valence-corrected chi connectivity index (χ1v) is 9.78. The van der Waals surface area contributed by atoms with Gasteiger partial charge in [-0.15, -0.1) is 0 Å². The molecule has 0 spiro atoms. The molecule has 2 nitrogen and oxygen atoms in total. The van der Waals surface area contributed by atoms with Crippen molar-refractivity contribution >= 4 is 16.6 Å². The van der Waals surface area contributed by atoms with Gasteiger partial charge >= 0.3 is 6.18 Å². The third kappa shape index (κ3) is 4.01. The number of rotatable bonds is 4. The van der Waals surface area contributed by atoms with Crippen molar-refractivity contribution in [3.63, 3.8) is 0 Å². The molecule has 4 aromatic rings. The van der Waals surface area contributed by atoms with Crippen molar-refractivity contribution in [2.75, 3.05) is 11.9 Å². The van der Waals surface area contributed by atoms with Crippen LogP contribution in [0.5, 0.6) is 0 Å². The van der Waals surface area contributed by atoms with Crippen molar-refractivity contribution in [3.8, 4) is 22.4 Å². The van der Waals surface area contributed by atoms with Crippen LogP contribution in [0.25, 0.3) is 33.3 Å². The number of nitrogens with zero attached hydrogens (tertiary/aromatic N) is 1. The summed E-state index contributed by atoms with van der Waals surface area (Å²) in [7, 11) is 0. The largest absolute Gasteiger partial charge is 0.416 e. The second kappa shape index (κ2) is 7.82. The Kier molecular flexibility index (Phi) is 5.20. The predicted molar refractivity (Wildman–Crippen MR) is 117 cm³/mol. The lowest BCUT2D eigenvalue weighted by Crippen LogP contribution is -2.04. The predicted octanol–water partition coefficient (Wildman–Crippen LogP) is 7.33. The van der Waals surface area contributed by atoms with E-state index in [9.17, 15) is 13.2 Å². The number of fused-ring (bicyclic) bond motifs is 1. The third-order valence-electron chi connectivity index (χ3n) is 5.10. The van der Waals surface area contributed by atoms with Gasteiger partial charge in [0.15, 0.2) is 0 Å². The second-order valence-corrected chi connectivity index (χ2v) is 7.24. The molecule has 0 bridgehead atoms. The van der Waals surface area contributed by atoms with Gasteiger partial charge in [-0.1, -0.05) is 36.4 Å². The zero-order valence-corrected chi connectivity index (χ0v) is 16.7. The van der Waals surface area contributed by atoms with E-state index in [0.29, 0.717) is 10.9 Å². The first kappa shape index (κ1) is 20.0. The van der Waals surface area contributed by atoms with Crippen LogP contribution in [0.3, 0.4) is 0 Å². The van der Waals surface area contributed by atoms with E-state index in [4.69, 9.17) is 0 Å². The number of aryl methyl sites for hydroxylation is 1. The van der Waals surface area contributed by atoms with E-state index in [0.717, 1.165) is 46.2 Å². The molecule has 0 atom stereocenters. The Morgan fingerprint density at radius 3 is 2.27 bits per heavy atom. The molecule has 5 heteroatoms. The molecule has 152 valence electrons. The zero-order valence-electron chi connectivity index (χ0n) is 16.7. The van der Waals surface area contributed by atoms with Crippen LogP contribution < -0.4 is 5.32 Å². The lowest BCUT2D eigenvalue weighted by atomic mass is 10.00. The van der Waals surface area contributed by atoms with Crippen LogP contribution in [-0.2, 0) is 6.18 Å². The molecule has 0 unspecified atom stereocenters. The molecule has 0 saturated carbocycles. The molecule has 0 aliphatic rings. The fourth-order valence-electron chi connectivity index (χ4n) is 3.56. The smallest absolute Gasteiger partial charge is 0.385 e. The topological polar surface area (TPSA) is 24.9 Å². The van der Waals surface area contributed by atoms with E-state index in [-0.39, 0.29) is 0 Å². The standard InChI is InChI=1S/C25H21F3N2/c1-3-29-21-6-4-5-19(14-21)17-7-9-18(10-8-17)24-13-16(2)22-15-20(25(26,27)28)11-12-23(22)30-24/h4-15,29H,3H2,1-2H3. The van der Waals surface area contributed by atoms with Gasteiger partial charge in [0.2, 0.25) is 0 Å². The Bertz CT molecular complexity index is 1200. The first-order chi connectivity index (χ1) is 14.3. The van der Waals surface area contributed by atoms with E-state index < -0.39 is 11.7 Å². The molecule has 0 aliphatic heterocycles. The molecule has 1 aromatic heterocycles. The van der Waals surface area contributed by atoms with Crippen LogP contribution >= 0.6 is 0 Å². The van der Waals surface area contributed by atoms with E-state index in [1.54, 1.807) is 0 Å². The Labute approximate surface area is 173 Å². The average Bonchev–Trinajstić information content (AvgIpc) is 2.73. The number of halogens is 3. The normalized spacial score (nSPS) is 11.6. The molecule has 0 amide bonds. The highest BCUT2D eigenvalue weighted by atomic mass is 19.4. The Balaban J connectivity index is 1.68. The minimum atomic E-state index is -4.36. The number of nitrogens with one attached hydrogen (secondary N) is 1. The van der Waals surface area contributed by atoms with Crippen molar-refractivity contribution in [1.82, 2.24) is 4.98 Å². The minimum absolute atomic E-state index is 0.519. The molecule has 1 heterocycles. The number of pyridine rings is 1. The lowest BCUT2D eigenvalue weighted by molar-refractivity contribution is -0.137. The van der Waals surface area contributed by atoms with Crippen molar-refractivity contribution in [2.24, 2.45) is 0 Å². The van der Waals surface area contributed by atoms with Gasteiger partial charge in [-0.3, -0.25) is 0 Å². The summed E-state index contributed by atoms with van der Waals surface area (Å²) < 4.78 is 39.0. The van der Waals surface area contributed by atoms with Gasteiger partial charge in [0.05, 0.1) is 16.8 Å². The fourth-order valence-corrected chi connectivity index (χ4v) is 3.56. The monoisotopic (exact) mass is 406 g/mol. The molecular formula is C25H21F3N2. The molecule has 0 radical (unpaired) electrons. The number of alkyl halides is 3. The van der Waals surface area contributed by atoms with Crippen LogP contribution in [0.1, 0.15) is 18.1 Å². The van der Waals surface area contributed by atoms with Crippen LogP contribution in [0, 0.1) is 6.92 Å². The molecule has 0 saturated heterocycles. The Hall–Kier alpha value is -3.34. The van der Waals surface area contributed by atoms with Crippen molar-refractivity contribution < 1.29 is 13.2 Å². The quantitative estimate of drug-likeness (QED) is 0.384. The van der Waals surface area contributed by atoms with Crippen LogP contribution in [0.4, 0.5) is 18.9 Å². The maximum absolute atomic E-state index is 13.0. The number of anilines is 1. The third-order valence-corrected chi connectivity index (χ3v) is 5.10. The highest BCUT2D eigenvalue weighted by Gasteiger charge is 2.30. The van der Waals surface area contributed by atoms with Crippen LogP contribution in [0.15, 0.2) is 72.8 Å². The molecule has 4 rings (SSSR count). The van der Waals surface area contributed by atoms with Gasteiger partial charge in [-0.2, -0.15) is 13.2 Å². The second-order valence-electron chi connectivity index (χ2n) is 7.24. The van der Waals surface area contributed by atoms with Gasteiger partial charge < -0.3 is 5.32 Å². The molecule has 0 fully saturated rings. The van der Waals surface area contributed by atoms with Crippen LogP contribution in [0.2, 0.25) is 0 Å². The summed E-state index contributed by atoms with van der Waals surface area (Å²) in [6.07, 6.45) is -4.36. The van der Waals surface area contributed by atoms with Gasteiger partial charge in [-0.05, 0) is 66.9 Å². The van der Waals surface area contributed by atoms with Gasteiger partial charge in [0, 0.05) is 23.2 Å². The Morgan fingerprint density at radius 2 is 1.57 bits per heavy atom. The molecule has 0 aliphatic carbocycles. The van der Waals surface area contributed by atoms with E-state index in [1.165, 1.54) is 12.1 Å². The molecule has 1 N–H and O–H groups in total. The maximum atomic E-state index is 13.0. The zero-order chi connectivity index (χ0) is 21.3. The number of hydrogen-bond donors (Lipinski definition) is 1. The van der Waals surface area contributed by atoms with E-state index in [2.05, 4.69) is 29.4 Å². The van der Waals surface area contributed by atoms with E-state index in [1.807, 2.05) is 49.4 Å². The van der Waals surface area contributed by atoms with Crippen molar-refractivity contribution in [1.29, 1.82) is 0 Å². The summed E-state index contributed by atoms with van der Waals surface area (Å²) in [5.74, 6) is 0. The van der Waals surface area contributed by atoms with Crippen molar-refractivity contribution in [2.45, 2.75) is 20.0 Å². The molecular weight excluding hydrogens is 385 g/mol. The van der Waals surface area contributed by atoms with Gasteiger partial charge in [0.1, 0.15) is 0 Å². The summed E-state index contributed by atoms with van der Waals surface area (Å²) in [4.78, 5) is 4.59. The summed E-state index contributed by atoms with van der Waals surface area (Å²) in [6, 6.07) is 21.8. The average molecular weight is 406 g/mol.